The number of hydrogen-bond donors (Lipinski definition) is 0. The lowest BCUT2D eigenvalue weighted by molar-refractivity contribution is -0.143. The summed E-state index contributed by atoms with van der Waals surface area (Å²) >= 11 is 0. The number of hydrogen-bond acceptors (Lipinski definition) is 2. The molecular formula is C16H19NO2. The van der Waals surface area contributed by atoms with Gasteiger partial charge in [-0.25, -0.2) is 0 Å². The fourth-order valence-corrected chi connectivity index (χ4v) is 2.29. The Morgan fingerprint density at radius 1 is 1.21 bits per heavy atom. The lowest BCUT2D eigenvalue weighted by Gasteiger charge is -2.09. The Bertz CT molecular complexity index is 570. The van der Waals surface area contributed by atoms with Crippen molar-refractivity contribution in [3.05, 3.63) is 47.8 Å². The maximum atomic E-state index is 11.6. The van der Waals surface area contributed by atoms with Gasteiger partial charge in [0.2, 0.25) is 0 Å². The molecule has 3 nitrogen and oxygen atoms in total. The lowest BCUT2D eigenvalue weighted by Crippen LogP contribution is -2.15. The van der Waals surface area contributed by atoms with Crippen molar-refractivity contribution >= 4 is 5.97 Å². The minimum atomic E-state index is -0.191. The summed E-state index contributed by atoms with van der Waals surface area (Å²) in [6.45, 7) is 6.57. The summed E-state index contributed by atoms with van der Waals surface area (Å²) in [6.07, 6.45) is 0. The minimum Gasteiger partial charge on any atom is -0.465 e. The molecule has 1 heterocycles. The van der Waals surface area contributed by atoms with E-state index in [1.165, 1.54) is 11.1 Å². The first kappa shape index (κ1) is 13.4. The summed E-state index contributed by atoms with van der Waals surface area (Å²) in [6, 6.07) is 12.3. The third-order valence-corrected chi connectivity index (χ3v) is 3.25. The topological polar surface area (TPSA) is 31.2 Å². The smallest absolute Gasteiger partial charge is 0.325 e. The highest BCUT2D eigenvalue weighted by Gasteiger charge is 2.13. The molecule has 0 saturated carbocycles. The first-order chi connectivity index (χ1) is 9.13. The third kappa shape index (κ3) is 2.87. The van der Waals surface area contributed by atoms with Crippen LogP contribution in [0.3, 0.4) is 0 Å². The molecular weight excluding hydrogens is 238 g/mol. The molecule has 0 aliphatic carbocycles. The molecule has 100 valence electrons. The Morgan fingerprint density at radius 2 is 1.89 bits per heavy atom. The fraction of sp³-hybridized carbons (Fsp3) is 0.312. The van der Waals surface area contributed by atoms with Crippen molar-refractivity contribution in [2.24, 2.45) is 0 Å². The van der Waals surface area contributed by atoms with E-state index < -0.39 is 0 Å². The van der Waals surface area contributed by atoms with Gasteiger partial charge in [0, 0.05) is 17.0 Å². The van der Waals surface area contributed by atoms with Crippen molar-refractivity contribution in [2.75, 3.05) is 6.61 Å². The van der Waals surface area contributed by atoms with Crippen LogP contribution >= 0.6 is 0 Å². The van der Waals surface area contributed by atoms with Crippen molar-refractivity contribution in [1.82, 2.24) is 4.57 Å². The van der Waals surface area contributed by atoms with E-state index in [1.54, 1.807) is 0 Å². The molecule has 0 N–H and O–H groups in total. The normalized spacial score (nSPS) is 10.5. The van der Waals surface area contributed by atoms with Crippen molar-refractivity contribution in [1.29, 1.82) is 0 Å². The highest BCUT2D eigenvalue weighted by molar-refractivity contribution is 5.72. The third-order valence-electron chi connectivity index (χ3n) is 3.25. The van der Waals surface area contributed by atoms with E-state index >= 15 is 0 Å². The van der Waals surface area contributed by atoms with Gasteiger partial charge in [0.15, 0.2) is 0 Å². The Morgan fingerprint density at radius 3 is 2.53 bits per heavy atom. The largest absolute Gasteiger partial charge is 0.465 e. The lowest BCUT2D eigenvalue weighted by atomic mass is 10.1. The Labute approximate surface area is 113 Å². The van der Waals surface area contributed by atoms with Gasteiger partial charge in [-0.3, -0.25) is 4.79 Å². The average Bonchev–Trinajstić information content (AvgIpc) is 2.68. The van der Waals surface area contributed by atoms with Gasteiger partial charge in [-0.2, -0.15) is 0 Å². The second kappa shape index (κ2) is 5.74. The van der Waals surface area contributed by atoms with Crippen LogP contribution in [0.2, 0.25) is 0 Å². The molecule has 2 aromatic rings. The van der Waals surface area contributed by atoms with Gasteiger partial charge in [0.05, 0.1) is 6.61 Å². The van der Waals surface area contributed by atoms with E-state index in [1.807, 2.05) is 43.5 Å². The van der Waals surface area contributed by atoms with Crippen LogP contribution in [0.4, 0.5) is 0 Å². The summed E-state index contributed by atoms with van der Waals surface area (Å²) in [7, 11) is 0. The summed E-state index contributed by atoms with van der Waals surface area (Å²) in [5, 5.41) is 0. The number of nitrogens with zero attached hydrogens (tertiary/aromatic N) is 1. The summed E-state index contributed by atoms with van der Waals surface area (Å²) < 4.78 is 7.01. The number of carbonyl (C=O) groups is 1. The quantitative estimate of drug-likeness (QED) is 0.787. The van der Waals surface area contributed by atoms with E-state index in [4.69, 9.17) is 4.74 Å². The first-order valence-corrected chi connectivity index (χ1v) is 6.51. The van der Waals surface area contributed by atoms with Crippen LogP contribution in [0.5, 0.6) is 0 Å². The van der Waals surface area contributed by atoms with E-state index in [-0.39, 0.29) is 12.5 Å². The molecule has 0 aliphatic heterocycles. The van der Waals surface area contributed by atoms with Crippen LogP contribution in [0.25, 0.3) is 11.1 Å². The predicted molar refractivity (Wildman–Crippen MR) is 76.0 cm³/mol. The molecule has 0 fully saturated rings. The van der Waals surface area contributed by atoms with E-state index in [0.29, 0.717) is 6.61 Å². The molecule has 1 aromatic heterocycles. The number of aryl methyl sites for hydroxylation is 1. The summed E-state index contributed by atoms with van der Waals surface area (Å²) in [4.78, 5) is 11.6. The number of aromatic nitrogens is 1. The minimum absolute atomic E-state index is 0.191. The Balaban J connectivity index is 2.33. The maximum absolute atomic E-state index is 11.6. The van der Waals surface area contributed by atoms with Crippen molar-refractivity contribution in [3.8, 4) is 11.1 Å². The molecule has 0 radical (unpaired) electrons. The zero-order valence-corrected chi connectivity index (χ0v) is 11.6. The molecule has 3 heteroatoms. The number of benzene rings is 1. The molecule has 0 saturated heterocycles. The van der Waals surface area contributed by atoms with E-state index in [2.05, 4.69) is 18.2 Å². The zero-order valence-electron chi connectivity index (χ0n) is 11.6. The number of ether oxygens (including phenoxy) is 1. The highest BCUT2D eigenvalue weighted by Crippen LogP contribution is 2.26. The Hall–Kier alpha value is -2.03. The first-order valence-electron chi connectivity index (χ1n) is 6.51. The zero-order chi connectivity index (χ0) is 13.8. The molecule has 0 atom stereocenters. The van der Waals surface area contributed by atoms with Crippen molar-refractivity contribution in [2.45, 2.75) is 27.3 Å². The highest BCUT2D eigenvalue weighted by atomic mass is 16.5. The van der Waals surface area contributed by atoms with Crippen LogP contribution < -0.4 is 0 Å². The van der Waals surface area contributed by atoms with Crippen LogP contribution in [0.1, 0.15) is 18.3 Å². The standard InChI is InChI=1S/C16H19NO2/c1-4-19-16(18)11-17-12(2)10-15(13(17)3)14-8-6-5-7-9-14/h5-10H,4,11H2,1-3H3. The molecule has 1 aromatic carbocycles. The monoisotopic (exact) mass is 257 g/mol. The second-order valence-electron chi connectivity index (χ2n) is 4.54. The molecule has 19 heavy (non-hydrogen) atoms. The van der Waals surface area contributed by atoms with Crippen molar-refractivity contribution in [3.63, 3.8) is 0 Å². The molecule has 0 aliphatic rings. The van der Waals surface area contributed by atoms with Gasteiger partial charge >= 0.3 is 5.97 Å². The number of carbonyl (C=O) groups excluding carboxylic acids is 1. The fourth-order valence-electron chi connectivity index (χ4n) is 2.29. The molecule has 0 bridgehead atoms. The Kier molecular flexibility index (Phi) is 4.05. The molecule has 0 amide bonds. The van der Waals surface area contributed by atoms with Crippen LogP contribution in [0.15, 0.2) is 36.4 Å². The van der Waals surface area contributed by atoms with Gasteiger partial charge in [0.1, 0.15) is 6.54 Å². The van der Waals surface area contributed by atoms with Gasteiger partial charge in [-0.1, -0.05) is 30.3 Å². The number of esters is 1. The van der Waals surface area contributed by atoms with Gasteiger partial charge < -0.3 is 9.30 Å². The van der Waals surface area contributed by atoms with Crippen molar-refractivity contribution < 1.29 is 9.53 Å². The predicted octanol–water partition coefficient (Wildman–Crippen LogP) is 3.34. The van der Waals surface area contributed by atoms with E-state index in [9.17, 15) is 4.79 Å². The summed E-state index contributed by atoms with van der Waals surface area (Å²) in [5.74, 6) is -0.191. The molecule has 0 unspecified atom stereocenters. The van der Waals surface area contributed by atoms with Gasteiger partial charge in [-0.05, 0) is 32.4 Å². The van der Waals surface area contributed by atoms with Crippen LogP contribution in [-0.2, 0) is 16.1 Å². The second-order valence-corrected chi connectivity index (χ2v) is 4.54. The SMILES string of the molecule is CCOC(=O)Cn1c(C)cc(-c2ccccc2)c1C. The van der Waals surface area contributed by atoms with Crippen LogP contribution in [0, 0.1) is 13.8 Å². The van der Waals surface area contributed by atoms with Gasteiger partial charge in [0.25, 0.3) is 0 Å². The van der Waals surface area contributed by atoms with E-state index in [0.717, 1.165) is 11.4 Å². The van der Waals surface area contributed by atoms with Gasteiger partial charge in [-0.15, -0.1) is 0 Å². The molecule has 2 rings (SSSR count). The molecule has 0 spiro atoms. The number of rotatable bonds is 4. The summed E-state index contributed by atoms with van der Waals surface area (Å²) in [5.41, 5.74) is 4.51. The van der Waals surface area contributed by atoms with Crippen LogP contribution in [-0.4, -0.2) is 17.1 Å². The maximum Gasteiger partial charge on any atom is 0.325 e. The average molecular weight is 257 g/mol.